The molecule has 1 aliphatic heterocycles. The highest BCUT2D eigenvalue weighted by molar-refractivity contribution is 5.35. The third-order valence-corrected chi connectivity index (χ3v) is 2.46. The van der Waals surface area contributed by atoms with Gasteiger partial charge in [0.05, 0.1) is 24.6 Å². The highest BCUT2D eigenvalue weighted by atomic mass is 16.5. The lowest BCUT2D eigenvalue weighted by molar-refractivity contribution is 0.134. The molecule has 2 rings (SSSR count). The van der Waals surface area contributed by atoms with Crippen molar-refractivity contribution in [2.75, 3.05) is 0 Å². The van der Waals surface area contributed by atoms with Crippen molar-refractivity contribution in [1.82, 2.24) is 10.2 Å². The van der Waals surface area contributed by atoms with Crippen LogP contribution in [0.3, 0.4) is 0 Å². The van der Waals surface area contributed by atoms with E-state index in [9.17, 15) is 0 Å². The second kappa shape index (κ2) is 5.21. The van der Waals surface area contributed by atoms with Crippen molar-refractivity contribution in [3.8, 4) is 0 Å². The lowest BCUT2D eigenvalue weighted by atomic mass is 10.0. The monoisotopic (exact) mass is 208 g/mol. The first-order chi connectivity index (χ1) is 7.20. The molecule has 0 aliphatic carbocycles. The van der Waals surface area contributed by atoms with Crippen LogP contribution in [0.2, 0.25) is 0 Å². The molecule has 0 radical (unpaired) electrons. The van der Waals surface area contributed by atoms with Gasteiger partial charge in [0.2, 0.25) is 0 Å². The summed E-state index contributed by atoms with van der Waals surface area (Å²) in [4.78, 5) is 0. The lowest BCUT2D eigenvalue weighted by Gasteiger charge is -2.09. The molecule has 1 aromatic heterocycles. The molecule has 0 spiro atoms. The topological polar surface area (TPSA) is 35.0 Å². The third-order valence-electron chi connectivity index (χ3n) is 2.46. The van der Waals surface area contributed by atoms with Gasteiger partial charge in [0, 0.05) is 11.1 Å². The molecule has 0 bridgehead atoms. The van der Waals surface area contributed by atoms with Crippen LogP contribution in [0.15, 0.2) is 0 Å². The molecular weight excluding hydrogens is 188 g/mol. The van der Waals surface area contributed by atoms with Crippen molar-refractivity contribution in [2.45, 2.75) is 53.8 Å². The fourth-order valence-corrected chi connectivity index (χ4v) is 1.69. The van der Waals surface area contributed by atoms with Gasteiger partial charge in [-0.25, -0.2) is 0 Å². The minimum absolute atomic E-state index is 0.434. The zero-order valence-electron chi connectivity index (χ0n) is 10.3. The van der Waals surface area contributed by atoms with Crippen LogP contribution in [0.4, 0.5) is 0 Å². The quantitative estimate of drug-likeness (QED) is 0.711. The molecule has 0 atom stereocenters. The smallest absolute Gasteiger partial charge is 0.0744 e. The number of fused-ring (bicyclic) bond motifs is 1. The maximum atomic E-state index is 5.41. The van der Waals surface area contributed by atoms with Crippen LogP contribution in [0.25, 0.3) is 0 Å². The summed E-state index contributed by atoms with van der Waals surface area (Å²) in [6.07, 6.45) is 0. The number of ether oxygens (including phenoxy) is 1. The van der Waals surface area contributed by atoms with E-state index in [4.69, 9.17) is 4.74 Å². The summed E-state index contributed by atoms with van der Waals surface area (Å²) in [5.41, 5.74) is 4.62. The fraction of sp³-hybridized carbons (Fsp3) is 0.667. The minimum atomic E-state index is 0.434. The Kier molecular flexibility index (Phi) is 4.21. The van der Waals surface area contributed by atoms with Crippen molar-refractivity contribution in [1.29, 1.82) is 0 Å². The van der Waals surface area contributed by atoms with Gasteiger partial charge >= 0.3 is 0 Å². The molecule has 15 heavy (non-hydrogen) atoms. The van der Waals surface area contributed by atoms with Gasteiger partial charge in [0.15, 0.2) is 0 Å². The summed E-state index contributed by atoms with van der Waals surface area (Å²) < 4.78 is 5.41. The van der Waals surface area contributed by atoms with Gasteiger partial charge in [-0.2, -0.15) is 10.2 Å². The molecule has 0 aromatic carbocycles. The molecule has 3 heteroatoms. The molecule has 0 unspecified atom stereocenters. The molecule has 3 nitrogen and oxygen atoms in total. The summed E-state index contributed by atoms with van der Waals surface area (Å²) in [6.45, 7) is 11.7. The van der Waals surface area contributed by atoms with Gasteiger partial charge < -0.3 is 4.74 Å². The number of aromatic nitrogens is 2. The molecule has 84 valence electrons. The molecule has 0 saturated carbocycles. The van der Waals surface area contributed by atoms with Crippen LogP contribution in [0.5, 0.6) is 0 Å². The summed E-state index contributed by atoms with van der Waals surface area (Å²) in [6, 6.07) is 0. The molecule has 1 aliphatic rings. The van der Waals surface area contributed by atoms with Crippen LogP contribution < -0.4 is 0 Å². The number of hydrogen-bond acceptors (Lipinski definition) is 3. The maximum absolute atomic E-state index is 5.41. The zero-order chi connectivity index (χ0) is 11.4. The Balaban J connectivity index is 0.000000531. The van der Waals surface area contributed by atoms with Crippen LogP contribution in [-0.2, 0) is 18.0 Å². The lowest BCUT2D eigenvalue weighted by Crippen LogP contribution is -2.04. The van der Waals surface area contributed by atoms with E-state index in [2.05, 4.69) is 24.0 Å². The van der Waals surface area contributed by atoms with Crippen molar-refractivity contribution in [3.05, 3.63) is 22.5 Å². The van der Waals surface area contributed by atoms with E-state index < -0.39 is 0 Å². The van der Waals surface area contributed by atoms with Crippen molar-refractivity contribution in [2.24, 2.45) is 0 Å². The van der Waals surface area contributed by atoms with Gasteiger partial charge in [-0.3, -0.25) is 0 Å². The van der Waals surface area contributed by atoms with E-state index in [0.717, 1.165) is 11.4 Å². The Labute approximate surface area is 91.9 Å². The predicted molar refractivity (Wildman–Crippen MR) is 60.7 cm³/mol. The largest absolute Gasteiger partial charge is 0.372 e. The first kappa shape index (κ1) is 12.1. The van der Waals surface area contributed by atoms with Gasteiger partial charge in [0.25, 0.3) is 0 Å². The van der Waals surface area contributed by atoms with E-state index in [1.165, 1.54) is 11.1 Å². The average molecular weight is 208 g/mol. The van der Waals surface area contributed by atoms with E-state index in [1.54, 1.807) is 0 Å². The van der Waals surface area contributed by atoms with E-state index in [1.807, 2.05) is 20.8 Å². The van der Waals surface area contributed by atoms with Gasteiger partial charge in [-0.05, 0) is 12.8 Å². The van der Waals surface area contributed by atoms with Crippen molar-refractivity contribution < 1.29 is 4.74 Å². The standard InChI is InChI=1S/C10H14N2O.C2H6/c1-6(2)10-9-5-13-4-8(9)7(3)11-12-10;1-2/h6H,4-5H2,1-3H3;1-2H3. The molecule has 0 saturated heterocycles. The third kappa shape index (κ3) is 2.34. The van der Waals surface area contributed by atoms with Gasteiger partial charge in [-0.15, -0.1) is 0 Å². The average Bonchev–Trinajstić information content (AvgIpc) is 2.70. The summed E-state index contributed by atoms with van der Waals surface area (Å²) in [5.74, 6) is 0.434. The second-order valence-corrected chi connectivity index (χ2v) is 3.78. The van der Waals surface area contributed by atoms with E-state index in [0.29, 0.717) is 19.1 Å². The Bertz CT molecular complexity index is 335. The second-order valence-electron chi connectivity index (χ2n) is 3.78. The molecule has 0 N–H and O–H groups in total. The van der Waals surface area contributed by atoms with E-state index in [-0.39, 0.29) is 0 Å². The zero-order valence-corrected chi connectivity index (χ0v) is 10.3. The van der Waals surface area contributed by atoms with Crippen LogP contribution in [0, 0.1) is 6.92 Å². The Hall–Kier alpha value is -0.960. The van der Waals surface area contributed by atoms with E-state index >= 15 is 0 Å². The Morgan fingerprint density at radius 3 is 2.27 bits per heavy atom. The maximum Gasteiger partial charge on any atom is 0.0744 e. The van der Waals surface area contributed by atoms with Crippen LogP contribution in [0.1, 0.15) is 56.1 Å². The van der Waals surface area contributed by atoms with Crippen LogP contribution in [-0.4, -0.2) is 10.2 Å². The van der Waals surface area contributed by atoms with Gasteiger partial charge in [-0.1, -0.05) is 27.7 Å². The summed E-state index contributed by atoms with van der Waals surface area (Å²) in [7, 11) is 0. The predicted octanol–water partition coefficient (Wildman–Crippen LogP) is 2.96. The Morgan fingerprint density at radius 2 is 1.67 bits per heavy atom. The molecule has 2 heterocycles. The Morgan fingerprint density at radius 1 is 1.07 bits per heavy atom. The van der Waals surface area contributed by atoms with Crippen molar-refractivity contribution >= 4 is 0 Å². The van der Waals surface area contributed by atoms with Gasteiger partial charge in [0.1, 0.15) is 0 Å². The number of rotatable bonds is 1. The highest BCUT2D eigenvalue weighted by Gasteiger charge is 2.20. The SMILES string of the molecule is CC.Cc1nnc(C(C)C)c2c1COC2. The molecule has 0 fully saturated rings. The first-order valence-electron chi connectivity index (χ1n) is 5.63. The molecular formula is C12H20N2O. The minimum Gasteiger partial charge on any atom is -0.372 e. The highest BCUT2D eigenvalue weighted by Crippen LogP contribution is 2.27. The molecule has 0 amide bonds. The fourth-order valence-electron chi connectivity index (χ4n) is 1.69. The summed E-state index contributed by atoms with van der Waals surface area (Å²) in [5, 5.41) is 8.36. The normalized spacial score (nSPS) is 13.5. The number of hydrogen-bond donors (Lipinski definition) is 0. The number of nitrogens with zero attached hydrogens (tertiary/aromatic N) is 2. The molecule has 1 aromatic rings. The first-order valence-corrected chi connectivity index (χ1v) is 5.63. The van der Waals surface area contributed by atoms with Crippen molar-refractivity contribution in [3.63, 3.8) is 0 Å². The summed E-state index contributed by atoms with van der Waals surface area (Å²) >= 11 is 0. The number of aryl methyl sites for hydroxylation is 1. The van der Waals surface area contributed by atoms with Crippen LogP contribution >= 0.6 is 0 Å².